The molecule has 1 aromatic rings. The lowest BCUT2D eigenvalue weighted by Gasteiger charge is -2.12. The largest absolute Gasteiger partial charge is 0.481 e. The number of aliphatic carboxylic acids is 1. The van der Waals surface area contributed by atoms with Crippen molar-refractivity contribution in [3.63, 3.8) is 0 Å². The summed E-state index contributed by atoms with van der Waals surface area (Å²) in [6, 6.07) is 6.21. The molecule has 0 aromatic heterocycles. The van der Waals surface area contributed by atoms with Gasteiger partial charge in [-0.25, -0.2) is 4.79 Å². The zero-order valence-electron chi connectivity index (χ0n) is 10.2. The molecule has 6 heteroatoms. The highest BCUT2D eigenvalue weighted by Crippen LogP contribution is 2.19. The summed E-state index contributed by atoms with van der Waals surface area (Å²) >= 11 is 0. The Morgan fingerprint density at radius 3 is 2.22 bits per heavy atom. The van der Waals surface area contributed by atoms with E-state index in [1.165, 1.54) is 12.1 Å². The number of hydrogen-bond donors (Lipinski definition) is 3. The Bertz CT molecular complexity index is 397. The molecule has 0 aliphatic carbocycles. The quantitative estimate of drug-likeness (QED) is 0.706. The van der Waals surface area contributed by atoms with Crippen molar-refractivity contribution in [1.29, 1.82) is 0 Å². The average Bonchev–Trinajstić information content (AvgIpc) is 2.28. The fourth-order valence-corrected chi connectivity index (χ4v) is 0.976. The normalized spacial score (nSPS) is 10.8. The van der Waals surface area contributed by atoms with Crippen LogP contribution in [0.25, 0.3) is 0 Å². The lowest BCUT2D eigenvalue weighted by Crippen LogP contribution is -2.15. The maximum Gasteiger partial charge on any atom is 0.339 e. The fourth-order valence-electron chi connectivity index (χ4n) is 0.976. The predicted molar refractivity (Wildman–Crippen MR) is 63.6 cm³/mol. The SMILES string of the molecule is CC(=O)O.CCC(O)Oc1ccccc1C(=O)O. The van der Waals surface area contributed by atoms with Crippen molar-refractivity contribution < 1.29 is 29.6 Å². The molecule has 1 atom stereocenters. The number of benzene rings is 1. The van der Waals surface area contributed by atoms with Crippen molar-refractivity contribution in [2.45, 2.75) is 26.6 Å². The van der Waals surface area contributed by atoms with Gasteiger partial charge in [-0.15, -0.1) is 0 Å². The van der Waals surface area contributed by atoms with E-state index >= 15 is 0 Å². The summed E-state index contributed by atoms with van der Waals surface area (Å²) in [6.07, 6.45) is -0.552. The van der Waals surface area contributed by atoms with Crippen LogP contribution in [-0.2, 0) is 4.79 Å². The molecule has 6 nitrogen and oxygen atoms in total. The molecule has 0 aliphatic heterocycles. The standard InChI is InChI=1S/C10H12O4.C2H4O2/c1-2-9(11)14-8-6-4-3-5-7(8)10(12)13;1-2(3)4/h3-6,9,11H,2H2,1H3,(H,12,13);1H3,(H,3,4). The van der Waals surface area contributed by atoms with Crippen molar-refractivity contribution in [2.75, 3.05) is 0 Å². The van der Waals surface area contributed by atoms with Crippen molar-refractivity contribution in [1.82, 2.24) is 0 Å². The first-order valence-electron chi connectivity index (χ1n) is 5.25. The smallest absolute Gasteiger partial charge is 0.339 e. The number of aliphatic hydroxyl groups excluding tert-OH is 1. The van der Waals surface area contributed by atoms with Crippen LogP contribution in [0, 0.1) is 0 Å². The summed E-state index contributed by atoms with van der Waals surface area (Å²) < 4.78 is 5.03. The average molecular weight is 256 g/mol. The van der Waals surface area contributed by atoms with Gasteiger partial charge in [0.1, 0.15) is 11.3 Å². The summed E-state index contributed by atoms with van der Waals surface area (Å²) in [7, 11) is 0. The fraction of sp³-hybridized carbons (Fsp3) is 0.333. The van der Waals surface area contributed by atoms with Crippen LogP contribution in [0.2, 0.25) is 0 Å². The summed E-state index contributed by atoms with van der Waals surface area (Å²) in [4.78, 5) is 19.7. The van der Waals surface area contributed by atoms with Crippen LogP contribution in [-0.4, -0.2) is 33.5 Å². The lowest BCUT2D eigenvalue weighted by molar-refractivity contribution is -0.134. The van der Waals surface area contributed by atoms with Gasteiger partial charge >= 0.3 is 5.97 Å². The molecule has 0 spiro atoms. The minimum Gasteiger partial charge on any atom is -0.481 e. The Labute approximate surface area is 104 Å². The molecule has 1 unspecified atom stereocenters. The molecule has 0 amide bonds. The van der Waals surface area contributed by atoms with E-state index in [0.29, 0.717) is 6.42 Å². The monoisotopic (exact) mass is 256 g/mol. The third-order valence-corrected chi connectivity index (χ3v) is 1.73. The van der Waals surface area contributed by atoms with E-state index < -0.39 is 18.2 Å². The summed E-state index contributed by atoms with van der Waals surface area (Å²) in [5.41, 5.74) is 0.0556. The minimum absolute atomic E-state index is 0.0556. The Hall–Kier alpha value is -2.08. The molecular formula is C12H16O6. The van der Waals surface area contributed by atoms with Gasteiger partial charge in [-0.3, -0.25) is 4.79 Å². The summed E-state index contributed by atoms with van der Waals surface area (Å²) in [6.45, 7) is 2.83. The first kappa shape index (κ1) is 15.9. The Kier molecular flexibility index (Phi) is 7.14. The highest BCUT2D eigenvalue weighted by molar-refractivity contribution is 5.90. The van der Waals surface area contributed by atoms with Gasteiger partial charge < -0.3 is 20.1 Å². The Balaban J connectivity index is 0.000000631. The van der Waals surface area contributed by atoms with Crippen molar-refractivity contribution in [2.24, 2.45) is 0 Å². The number of para-hydroxylation sites is 1. The summed E-state index contributed by atoms with van der Waals surface area (Å²) in [5.74, 6) is -1.71. The number of rotatable bonds is 4. The van der Waals surface area contributed by atoms with Crippen LogP contribution in [0.1, 0.15) is 30.6 Å². The first-order valence-corrected chi connectivity index (χ1v) is 5.25. The molecule has 18 heavy (non-hydrogen) atoms. The van der Waals surface area contributed by atoms with Gasteiger partial charge in [-0.1, -0.05) is 19.1 Å². The number of ether oxygens (including phenoxy) is 1. The van der Waals surface area contributed by atoms with Crippen LogP contribution in [0.5, 0.6) is 5.75 Å². The molecule has 0 radical (unpaired) electrons. The van der Waals surface area contributed by atoms with Crippen LogP contribution >= 0.6 is 0 Å². The second kappa shape index (κ2) is 8.08. The second-order valence-corrected chi connectivity index (χ2v) is 3.30. The number of carbonyl (C=O) groups is 2. The van der Waals surface area contributed by atoms with Crippen LogP contribution in [0.15, 0.2) is 24.3 Å². The van der Waals surface area contributed by atoms with Gasteiger partial charge in [0.05, 0.1) is 0 Å². The van der Waals surface area contributed by atoms with Gasteiger partial charge in [-0.2, -0.15) is 0 Å². The Morgan fingerprint density at radius 2 is 1.78 bits per heavy atom. The van der Waals surface area contributed by atoms with Crippen LogP contribution in [0.4, 0.5) is 0 Å². The minimum atomic E-state index is -1.07. The van der Waals surface area contributed by atoms with E-state index in [-0.39, 0.29) is 11.3 Å². The molecule has 0 bridgehead atoms. The van der Waals surface area contributed by atoms with Gasteiger partial charge in [0.25, 0.3) is 5.97 Å². The van der Waals surface area contributed by atoms with Gasteiger partial charge in [0.2, 0.25) is 0 Å². The zero-order valence-corrected chi connectivity index (χ0v) is 10.2. The molecule has 0 heterocycles. The highest BCUT2D eigenvalue weighted by atomic mass is 16.6. The van der Waals surface area contributed by atoms with Gasteiger partial charge in [-0.05, 0) is 12.1 Å². The topological polar surface area (TPSA) is 104 Å². The highest BCUT2D eigenvalue weighted by Gasteiger charge is 2.12. The van der Waals surface area contributed by atoms with E-state index in [4.69, 9.17) is 19.7 Å². The van der Waals surface area contributed by atoms with Crippen molar-refractivity contribution in [3.8, 4) is 5.75 Å². The molecule has 0 saturated carbocycles. The molecule has 0 fully saturated rings. The third-order valence-electron chi connectivity index (χ3n) is 1.73. The maximum absolute atomic E-state index is 10.7. The number of carboxylic acids is 2. The van der Waals surface area contributed by atoms with Crippen LogP contribution < -0.4 is 4.74 Å². The van der Waals surface area contributed by atoms with E-state index in [9.17, 15) is 9.90 Å². The molecule has 1 rings (SSSR count). The van der Waals surface area contributed by atoms with Gasteiger partial charge in [0, 0.05) is 13.3 Å². The molecule has 3 N–H and O–H groups in total. The van der Waals surface area contributed by atoms with Crippen molar-refractivity contribution >= 4 is 11.9 Å². The van der Waals surface area contributed by atoms with Crippen LogP contribution in [0.3, 0.4) is 0 Å². The van der Waals surface area contributed by atoms with Crippen molar-refractivity contribution in [3.05, 3.63) is 29.8 Å². The number of hydrogen-bond acceptors (Lipinski definition) is 4. The van der Waals surface area contributed by atoms with E-state index in [2.05, 4.69) is 0 Å². The number of carboxylic acid groups (broad SMARTS) is 2. The molecular weight excluding hydrogens is 240 g/mol. The molecule has 0 saturated heterocycles. The predicted octanol–water partition coefficient (Wildman–Crippen LogP) is 1.58. The second-order valence-electron chi connectivity index (χ2n) is 3.30. The van der Waals surface area contributed by atoms with Gasteiger partial charge in [0.15, 0.2) is 6.29 Å². The maximum atomic E-state index is 10.7. The van der Waals surface area contributed by atoms with E-state index in [1.54, 1.807) is 19.1 Å². The summed E-state index contributed by atoms with van der Waals surface area (Å²) in [5, 5.41) is 25.4. The number of aliphatic hydroxyl groups is 1. The zero-order chi connectivity index (χ0) is 14.1. The third kappa shape index (κ3) is 6.49. The first-order chi connectivity index (χ1) is 8.38. The van der Waals surface area contributed by atoms with E-state index in [1.807, 2.05) is 0 Å². The molecule has 0 aliphatic rings. The number of aromatic carboxylic acids is 1. The lowest BCUT2D eigenvalue weighted by atomic mass is 10.2. The Morgan fingerprint density at radius 1 is 1.28 bits per heavy atom. The van der Waals surface area contributed by atoms with E-state index in [0.717, 1.165) is 6.92 Å². The molecule has 100 valence electrons. The molecule has 1 aromatic carbocycles.